The van der Waals surface area contributed by atoms with Gasteiger partial charge >= 0.3 is 6.03 Å². The van der Waals surface area contributed by atoms with Crippen LogP contribution in [0.3, 0.4) is 0 Å². The van der Waals surface area contributed by atoms with Crippen LogP contribution in [-0.4, -0.2) is 57.0 Å². The standard InChI is InChI=1S/C18H20N6O/c25-18(22-17-12-19-5-6-21-17)24-9-7-23(8-10-24)13-14-1-2-16-15(11-14)3-4-20-16/h1-6,11-12,20H,7-10,13H2,(H,21,22,25). The van der Waals surface area contributed by atoms with Gasteiger partial charge in [-0.1, -0.05) is 6.07 Å². The van der Waals surface area contributed by atoms with E-state index in [0.29, 0.717) is 18.9 Å². The van der Waals surface area contributed by atoms with Crippen molar-refractivity contribution in [2.45, 2.75) is 6.54 Å². The van der Waals surface area contributed by atoms with Crippen molar-refractivity contribution in [1.82, 2.24) is 24.8 Å². The highest BCUT2D eigenvalue weighted by Gasteiger charge is 2.21. The quantitative estimate of drug-likeness (QED) is 0.769. The van der Waals surface area contributed by atoms with E-state index in [1.54, 1.807) is 18.6 Å². The highest BCUT2D eigenvalue weighted by molar-refractivity contribution is 5.88. The zero-order valence-corrected chi connectivity index (χ0v) is 13.9. The van der Waals surface area contributed by atoms with Crippen LogP contribution >= 0.6 is 0 Å². The molecule has 0 bridgehead atoms. The van der Waals surface area contributed by atoms with Gasteiger partial charge in [0, 0.05) is 56.8 Å². The van der Waals surface area contributed by atoms with Gasteiger partial charge in [0.05, 0.1) is 6.20 Å². The minimum atomic E-state index is -0.117. The fraction of sp³-hybridized carbons (Fsp3) is 0.278. The Kier molecular flexibility index (Phi) is 4.30. The molecule has 3 aromatic rings. The van der Waals surface area contributed by atoms with Crippen molar-refractivity contribution < 1.29 is 4.79 Å². The van der Waals surface area contributed by atoms with Crippen molar-refractivity contribution in [3.05, 3.63) is 54.6 Å². The van der Waals surface area contributed by atoms with Crippen molar-refractivity contribution >= 4 is 22.8 Å². The van der Waals surface area contributed by atoms with Crippen LogP contribution in [0, 0.1) is 0 Å². The number of hydrogen-bond donors (Lipinski definition) is 2. The minimum absolute atomic E-state index is 0.117. The number of hydrogen-bond acceptors (Lipinski definition) is 4. The number of benzene rings is 1. The first-order valence-corrected chi connectivity index (χ1v) is 8.38. The zero-order valence-electron chi connectivity index (χ0n) is 13.9. The Bertz CT molecular complexity index is 854. The summed E-state index contributed by atoms with van der Waals surface area (Å²) < 4.78 is 0. The summed E-state index contributed by atoms with van der Waals surface area (Å²) in [5.41, 5.74) is 2.46. The summed E-state index contributed by atoms with van der Waals surface area (Å²) in [6, 6.07) is 8.47. The van der Waals surface area contributed by atoms with Gasteiger partial charge in [0.15, 0.2) is 5.82 Å². The molecule has 3 heterocycles. The molecule has 0 saturated carbocycles. The Labute approximate surface area is 145 Å². The molecule has 0 unspecified atom stereocenters. The van der Waals surface area contributed by atoms with Gasteiger partial charge < -0.3 is 9.88 Å². The van der Waals surface area contributed by atoms with Crippen LogP contribution in [-0.2, 0) is 6.54 Å². The number of rotatable bonds is 3. The van der Waals surface area contributed by atoms with E-state index in [1.807, 2.05) is 11.1 Å². The second-order valence-electron chi connectivity index (χ2n) is 6.18. The monoisotopic (exact) mass is 336 g/mol. The van der Waals surface area contributed by atoms with E-state index in [-0.39, 0.29) is 6.03 Å². The van der Waals surface area contributed by atoms with Crippen molar-refractivity contribution in [2.75, 3.05) is 31.5 Å². The number of piperazine rings is 1. The largest absolute Gasteiger partial charge is 0.361 e. The first-order valence-electron chi connectivity index (χ1n) is 8.38. The summed E-state index contributed by atoms with van der Waals surface area (Å²) >= 11 is 0. The van der Waals surface area contributed by atoms with Crippen LogP contribution in [0.15, 0.2) is 49.1 Å². The summed E-state index contributed by atoms with van der Waals surface area (Å²) in [5.74, 6) is 0.481. The number of H-pyrrole nitrogens is 1. The molecule has 2 amide bonds. The Balaban J connectivity index is 1.31. The lowest BCUT2D eigenvalue weighted by atomic mass is 10.1. The third-order valence-corrected chi connectivity index (χ3v) is 4.48. The number of aromatic amines is 1. The van der Waals surface area contributed by atoms with Gasteiger partial charge in [-0.25, -0.2) is 9.78 Å². The maximum absolute atomic E-state index is 12.3. The first-order chi connectivity index (χ1) is 12.3. The van der Waals surface area contributed by atoms with Gasteiger partial charge in [-0.05, 0) is 29.1 Å². The number of carbonyl (C=O) groups excluding carboxylic acids is 1. The summed E-state index contributed by atoms with van der Waals surface area (Å²) in [6.07, 6.45) is 6.66. The lowest BCUT2D eigenvalue weighted by Gasteiger charge is -2.34. The molecule has 128 valence electrons. The number of fused-ring (bicyclic) bond motifs is 1. The number of aromatic nitrogens is 3. The number of nitrogens with zero attached hydrogens (tertiary/aromatic N) is 4. The van der Waals surface area contributed by atoms with E-state index in [2.05, 4.69) is 49.4 Å². The number of nitrogens with one attached hydrogen (secondary N) is 2. The first kappa shape index (κ1) is 15.6. The SMILES string of the molecule is O=C(Nc1cnccn1)N1CCN(Cc2ccc3[nH]ccc3c2)CC1. The van der Waals surface area contributed by atoms with Crippen LogP contribution in [0.4, 0.5) is 10.6 Å². The maximum Gasteiger partial charge on any atom is 0.323 e. The highest BCUT2D eigenvalue weighted by atomic mass is 16.2. The molecule has 1 fully saturated rings. The van der Waals surface area contributed by atoms with Gasteiger partial charge in [-0.2, -0.15) is 0 Å². The molecule has 0 spiro atoms. The molecule has 1 saturated heterocycles. The van der Waals surface area contributed by atoms with E-state index in [0.717, 1.165) is 25.2 Å². The number of carbonyl (C=O) groups is 1. The van der Waals surface area contributed by atoms with Crippen LogP contribution in [0.2, 0.25) is 0 Å². The average molecular weight is 336 g/mol. The molecule has 0 atom stereocenters. The van der Waals surface area contributed by atoms with E-state index < -0.39 is 0 Å². The molecule has 25 heavy (non-hydrogen) atoms. The zero-order chi connectivity index (χ0) is 17.1. The maximum atomic E-state index is 12.3. The van der Waals surface area contributed by atoms with E-state index in [9.17, 15) is 4.79 Å². The molecular weight excluding hydrogens is 316 g/mol. The van der Waals surface area contributed by atoms with Gasteiger partial charge in [-0.3, -0.25) is 15.2 Å². The number of amides is 2. The molecule has 2 aromatic heterocycles. The van der Waals surface area contributed by atoms with E-state index in [1.165, 1.54) is 10.9 Å². The summed E-state index contributed by atoms with van der Waals surface area (Å²) in [4.78, 5) is 27.7. The summed E-state index contributed by atoms with van der Waals surface area (Å²) in [5, 5.41) is 4.02. The number of anilines is 1. The lowest BCUT2D eigenvalue weighted by molar-refractivity contribution is 0.143. The Hall–Kier alpha value is -2.93. The fourth-order valence-corrected chi connectivity index (χ4v) is 3.12. The van der Waals surface area contributed by atoms with Crippen LogP contribution in [0.5, 0.6) is 0 Å². The fourth-order valence-electron chi connectivity index (χ4n) is 3.12. The van der Waals surface area contributed by atoms with Crippen molar-refractivity contribution in [3.63, 3.8) is 0 Å². The van der Waals surface area contributed by atoms with E-state index >= 15 is 0 Å². The molecular formula is C18H20N6O. The molecule has 4 rings (SSSR count). The smallest absolute Gasteiger partial charge is 0.323 e. The minimum Gasteiger partial charge on any atom is -0.361 e. The Morgan fingerprint density at radius 3 is 2.84 bits per heavy atom. The second-order valence-corrected chi connectivity index (χ2v) is 6.18. The van der Waals surface area contributed by atoms with Crippen LogP contribution in [0.25, 0.3) is 10.9 Å². The molecule has 1 aliphatic heterocycles. The van der Waals surface area contributed by atoms with Crippen molar-refractivity contribution in [1.29, 1.82) is 0 Å². The third kappa shape index (κ3) is 3.61. The molecule has 7 heteroatoms. The Morgan fingerprint density at radius 2 is 2.04 bits per heavy atom. The van der Waals surface area contributed by atoms with Crippen molar-refractivity contribution in [3.8, 4) is 0 Å². The predicted octanol–water partition coefficient (Wildman–Crippen LogP) is 2.31. The normalized spacial score (nSPS) is 15.4. The molecule has 1 aliphatic rings. The van der Waals surface area contributed by atoms with Gasteiger partial charge in [0.25, 0.3) is 0 Å². The van der Waals surface area contributed by atoms with Crippen LogP contribution in [0.1, 0.15) is 5.56 Å². The molecule has 0 aliphatic carbocycles. The molecule has 7 nitrogen and oxygen atoms in total. The third-order valence-electron chi connectivity index (χ3n) is 4.48. The highest BCUT2D eigenvalue weighted by Crippen LogP contribution is 2.16. The predicted molar refractivity (Wildman–Crippen MR) is 96.2 cm³/mol. The molecule has 1 aromatic carbocycles. The molecule has 2 N–H and O–H groups in total. The molecule has 0 radical (unpaired) electrons. The van der Waals surface area contributed by atoms with Gasteiger partial charge in [0.2, 0.25) is 0 Å². The van der Waals surface area contributed by atoms with Gasteiger partial charge in [0.1, 0.15) is 0 Å². The van der Waals surface area contributed by atoms with Crippen molar-refractivity contribution in [2.24, 2.45) is 0 Å². The second kappa shape index (κ2) is 6.90. The summed E-state index contributed by atoms with van der Waals surface area (Å²) in [6.45, 7) is 4.04. The van der Waals surface area contributed by atoms with Crippen LogP contribution < -0.4 is 5.32 Å². The van der Waals surface area contributed by atoms with E-state index in [4.69, 9.17) is 0 Å². The topological polar surface area (TPSA) is 77.2 Å². The Morgan fingerprint density at radius 1 is 1.16 bits per heavy atom. The van der Waals surface area contributed by atoms with Gasteiger partial charge in [-0.15, -0.1) is 0 Å². The summed E-state index contributed by atoms with van der Waals surface area (Å²) in [7, 11) is 0. The number of urea groups is 1. The average Bonchev–Trinajstić information content (AvgIpc) is 3.11. The lowest BCUT2D eigenvalue weighted by Crippen LogP contribution is -2.49.